The maximum absolute atomic E-state index is 13.8. The van der Waals surface area contributed by atoms with Crippen LogP contribution in [0.5, 0.6) is 0 Å². The SMILES string of the molecule is CC(C)Cc1cc(NN)nc(Cc2c(F)cccc2Cl)n1. The number of hydrogen-bond acceptors (Lipinski definition) is 4. The van der Waals surface area contributed by atoms with Crippen molar-refractivity contribution in [3.63, 3.8) is 0 Å². The Morgan fingerprint density at radius 2 is 2.10 bits per heavy atom. The van der Waals surface area contributed by atoms with Crippen LogP contribution in [0.4, 0.5) is 10.2 Å². The third-order valence-corrected chi connectivity index (χ3v) is 3.34. The van der Waals surface area contributed by atoms with E-state index in [1.165, 1.54) is 6.07 Å². The van der Waals surface area contributed by atoms with Gasteiger partial charge in [0.25, 0.3) is 0 Å². The molecule has 0 aliphatic heterocycles. The van der Waals surface area contributed by atoms with Gasteiger partial charge in [0.05, 0.1) is 0 Å². The van der Waals surface area contributed by atoms with Gasteiger partial charge in [-0.05, 0) is 24.5 Å². The van der Waals surface area contributed by atoms with E-state index in [0.717, 1.165) is 12.1 Å². The number of hydrazine groups is 1. The van der Waals surface area contributed by atoms with Gasteiger partial charge in [-0.2, -0.15) is 0 Å². The molecule has 112 valence electrons. The van der Waals surface area contributed by atoms with Crippen LogP contribution in [0.1, 0.15) is 30.9 Å². The van der Waals surface area contributed by atoms with Crippen molar-refractivity contribution in [2.45, 2.75) is 26.7 Å². The first-order chi connectivity index (χ1) is 9.99. The fraction of sp³-hybridized carbons (Fsp3) is 0.333. The van der Waals surface area contributed by atoms with Gasteiger partial charge in [0, 0.05) is 28.8 Å². The van der Waals surface area contributed by atoms with E-state index in [9.17, 15) is 4.39 Å². The molecule has 4 nitrogen and oxygen atoms in total. The number of anilines is 1. The summed E-state index contributed by atoms with van der Waals surface area (Å²) in [5, 5.41) is 0.370. The zero-order chi connectivity index (χ0) is 15.4. The molecule has 1 heterocycles. The molecule has 0 unspecified atom stereocenters. The number of benzene rings is 1. The first-order valence-corrected chi connectivity index (χ1v) is 7.13. The van der Waals surface area contributed by atoms with E-state index < -0.39 is 0 Å². The molecule has 2 aromatic rings. The van der Waals surface area contributed by atoms with Crippen molar-refractivity contribution in [2.75, 3.05) is 5.43 Å². The topological polar surface area (TPSA) is 63.8 Å². The molecule has 0 aliphatic rings. The van der Waals surface area contributed by atoms with E-state index in [0.29, 0.717) is 28.1 Å². The molecule has 0 amide bonds. The minimum Gasteiger partial charge on any atom is -0.308 e. The Kier molecular flexibility index (Phi) is 5.09. The summed E-state index contributed by atoms with van der Waals surface area (Å²) in [5.74, 6) is 6.54. The molecule has 0 radical (unpaired) electrons. The first-order valence-electron chi connectivity index (χ1n) is 6.76. The Hall–Kier alpha value is -1.72. The molecule has 2 rings (SSSR count). The summed E-state index contributed by atoms with van der Waals surface area (Å²) in [5.41, 5.74) is 3.78. The molecule has 3 N–H and O–H groups in total. The summed E-state index contributed by atoms with van der Waals surface area (Å²) in [6.45, 7) is 4.20. The third-order valence-electron chi connectivity index (χ3n) is 2.99. The maximum atomic E-state index is 13.8. The molecule has 6 heteroatoms. The standard InChI is InChI=1S/C15H18ClFN4/c1-9(2)6-10-7-15(21-18)20-14(19-10)8-11-12(16)4-3-5-13(11)17/h3-5,7,9H,6,8,18H2,1-2H3,(H,19,20,21). The summed E-state index contributed by atoms with van der Waals surface area (Å²) in [4.78, 5) is 8.73. The fourth-order valence-corrected chi connectivity index (χ4v) is 2.32. The molecular formula is C15H18ClFN4. The molecule has 1 aromatic carbocycles. The number of rotatable bonds is 5. The molecule has 0 spiro atoms. The molecule has 0 saturated heterocycles. The Labute approximate surface area is 128 Å². The van der Waals surface area contributed by atoms with Crippen LogP contribution in [0, 0.1) is 11.7 Å². The van der Waals surface area contributed by atoms with Crippen molar-refractivity contribution in [3.8, 4) is 0 Å². The van der Waals surface area contributed by atoms with Crippen molar-refractivity contribution in [3.05, 3.63) is 52.2 Å². The van der Waals surface area contributed by atoms with Crippen LogP contribution in [-0.2, 0) is 12.8 Å². The van der Waals surface area contributed by atoms with E-state index in [-0.39, 0.29) is 12.2 Å². The average molecular weight is 309 g/mol. The molecule has 21 heavy (non-hydrogen) atoms. The zero-order valence-electron chi connectivity index (χ0n) is 12.0. The highest BCUT2D eigenvalue weighted by Gasteiger charge is 2.12. The van der Waals surface area contributed by atoms with Crippen molar-refractivity contribution < 1.29 is 4.39 Å². The number of nitrogens with one attached hydrogen (secondary N) is 1. The predicted molar refractivity (Wildman–Crippen MR) is 82.6 cm³/mol. The van der Waals surface area contributed by atoms with Crippen LogP contribution in [0.15, 0.2) is 24.3 Å². The second kappa shape index (κ2) is 6.83. The molecule has 0 atom stereocenters. The van der Waals surface area contributed by atoms with Crippen molar-refractivity contribution in [2.24, 2.45) is 11.8 Å². The van der Waals surface area contributed by atoms with Crippen molar-refractivity contribution in [1.82, 2.24) is 9.97 Å². The van der Waals surface area contributed by atoms with Crippen LogP contribution < -0.4 is 11.3 Å². The van der Waals surface area contributed by atoms with Gasteiger partial charge in [-0.1, -0.05) is 31.5 Å². The van der Waals surface area contributed by atoms with Crippen LogP contribution >= 0.6 is 11.6 Å². The van der Waals surface area contributed by atoms with E-state index in [1.54, 1.807) is 18.2 Å². The summed E-state index contributed by atoms with van der Waals surface area (Å²) in [6, 6.07) is 6.40. The van der Waals surface area contributed by atoms with E-state index in [4.69, 9.17) is 17.4 Å². The Balaban J connectivity index is 2.35. The smallest absolute Gasteiger partial charge is 0.143 e. The second-order valence-electron chi connectivity index (χ2n) is 5.28. The Morgan fingerprint density at radius 3 is 2.71 bits per heavy atom. The van der Waals surface area contributed by atoms with E-state index in [2.05, 4.69) is 29.2 Å². The van der Waals surface area contributed by atoms with E-state index >= 15 is 0 Å². The molecule has 1 aromatic heterocycles. The molecule has 0 fully saturated rings. The normalized spacial score (nSPS) is 11.0. The van der Waals surface area contributed by atoms with Gasteiger partial charge in [-0.15, -0.1) is 0 Å². The highest BCUT2D eigenvalue weighted by molar-refractivity contribution is 6.31. The number of nitrogen functional groups attached to an aromatic ring is 1. The molecule has 0 bridgehead atoms. The van der Waals surface area contributed by atoms with Gasteiger partial charge >= 0.3 is 0 Å². The van der Waals surface area contributed by atoms with Gasteiger partial charge in [0.1, 0.15) is 17.5 Å². The number of nitrogens with two attached hydrogens (primary N) is 1. The van der Waals surface area contributed by atoms with Crippen LogP contribution in [0.3, 0.4) is 0 Å². The summed E-state index contributed by atoms with van der Waals surface area (Å²) in [6.07, 6.45) is 1.03. The van der Waals surface area contributed by atoms with Crippen molar-refractivity contribution >= 4 is 17.4 Å². The number of halogens is 2. The minimum absolute atomic E-state index is 0.228. The number of aromatic nitrogens is 2. The van der Waals surface area contributed by atoms with E-state index in [1.807, 2.05) is 0 Å². The predicted octanol–water partition coefficient (Wildman–Crippen LogP) is 3.34. The Morgan fingerprint density at radius 1 is 1.33 bits per heavy atom. The molecule has 0 saturated carbocycles. The van der Waals surface area contributed by atoms with Crippen molar-refractivity contribution in [1.29, 1.82) is 0 Å². The van der Waals surface area contributed by atoms with Gasteiger partial charge < -0.3 is 5.43 Å². The number of hydrogen-bond donors (Lipinski definition) is 2. The molecule has 0 aliphatic carbocycles. The van der Waals surface area contributed by atoms with Crippen LogP contribution in [0.25, 0.3) is 0 Å². The second-order valence-corrected chi connectivity index (χ2v) is 5.69. The monoisotopic (exact) mass is 308 g/mol. The van der Waals surface area contributed by atoms with Crippen LogP contribution in [0.2, 0.25) is 5.02 Å². The highest BCUT2D eigenvalue weighted by atomic mass is 35.5. The van der Waals surface area contributed by atoms with Gasteiger partial charge in [0.15, 0.2) is 0 Å². The minimum atomic E-state index is -0.359. The first kappa shape index (κ1) is 15.7. The lowest BCUT2D eigenvalue weighted by atomic mass is 10.1. The van der Waals surface area contributed by atoms with Gasteiger partial charge in [0.2, 0.25) is 0 Å². The quantitative estimate of drug-likeness (QED) is 0.657. The highest BCUT2D eigenvalue weighted by Crippen LogP contribution is 2.22. The third kappa shape index (κ3) is 4.12. The lowest BCUT2D eigenvalue weighted by Crippen LogP contribution is -2.13. The molecular weight excluding hydrogens is 291 g/mol. The zero-order valence-corrected chi connectivity index (χ0v) is 12.8. The van der Waals surface area contributed by atoms with Gasteiger partial charge in [-0.25, -0.2) is 20.2 Å². The fourth-order valence-electron chi connectivity index (χ4n) is 2.09. The maximum Gasteiger partial charge on any atom is 0.143 e. The average Bonchev–Trinajstić information content (AvgIpc) is 2.42. The summed E-state index contributed by atoms with van der Waals surface area (Å²) in [7, 11) is 0. The van der Waals surface area contributed by atoms with Gasteiger partial charge in [-0.3, -0.25) is 0 Å². The lowest BCUT2D eigenvalue weighted by molar-refractivity contribution is 0.609. The Bertz CT molecular complexity index is 611. The van der Waals surface area contributed by atoms with Crippen LogP contribution in [-0.4, -0.2) is 9.97 Å². The number of nitrogens with zero attached hydrogens (tertiary/aromatic N) is 2. The largest absolute Gasteiger partial charge is 0.308 e. The summed E-state index contributed by atoms with van der Waals surface area (Å²) < 4.78 is 13.8. The summed E-state index contributed by atoms with van der Waals surface area (Å²) >= 11 is 6.04. The lowest BCUT2D eigenvalue weighted by Gasteiger charge is -2.10.